The third kappa shape index (κ3) is 3.04. The number of pyridine rings is 2. The highest BCUT2D eigenvalue weighted by atomic mass is 32.1. The number of nitrogens with zero attached hydrogens (tertiary/aromatic N) is 3. The normalized spacial score (nSPS) is 10.7. The summed E-state index contributed by atoms with van der Waals surface area (Å²) in [5.41, 5.74) is 2.82. The molecule has 0 atom stereocenters. The van der Waals surface area contributed by atoms with Gasteiger partial charge in [-0.3, -0.25) is 0 Å². The summed E-state index contributed by atoms with van der Waals surface area (Å²) in [6.07, 6.45) is 3.51. The van der Waals surface area contributed by atoms with Crippen LogP contribution in [0, 0.1) is 6.92 Å². The van der Waals surface area contributed by atoms with E-state index in [0.717, 1.165) is 22.6 Å². The van der Waals surface area contributed by atoms with E-state index in [2.05, 4.69) is 20.3 Å². The van der Waals surface area contributed by atoms with Crippen molar-refractivity contribution in [1.82, 2.24) is 15.0 Å². The first-order valence-corrected chi connectivity index (χ1v) is 8.38. The Morgan fingerprint density at radius 1 is 1.00 bits per heavy atom. The molecule has 118 valence electrons. The summed E-state index contributed by atoms with van der Waals surface area (Å²) in [5.74, 6) is 2.70. The van der Waals surface area contributed by atoms with Gasteiger partial charge in [0.25, 0.3) is 0 Å². The number of anilines is 2. The zero-order valence-corrected chi connectivity index (χ0v) is 13.7. The minimum atomic E-state index is 0.603. The van der Waals surface area contributed by atoms with E-state index in [-0.39, 0.29) is 0 Å². The lowest BCUT2D eigenvalue weighted by Crippen LogP contribution is -1.96. The molecule has 4 rings (SSSR count). The summed E-state index contributed by atoms with van der Waals surface area (Å²) in [5, 5.41) is 7.19. The van der Waals surface area contributed by atoms with Crippen LogP contribution < -0.4 is 5.32 Å². The number of hydrogen-bond acceptors (Lipinski definition) is 6. The first-order valence-electron chi connectivity index (χ1n) is 7.43. The van der Waals surface area contributed by atoms with E-state index in [1.165, 1.54) is 0 Å². The predicted molar refractivity (Wildman–Crippen MR) is 95.3 cm³/mol. The van der Waals surface area contributed by atoms with Gasteiger partial charge in [-0.2, -0.15) is 11.3 Å². The standard InChI is InChI=1S/C18H14N4OS/c1-12-5-6-16(19-9-12)22-17-4-2-3-14(21-17)15-10-20-18(23-15)13-7-8-24-11-13/h2-11H,1H3,(H,19,21,22). The number of aromatic nitrogens is 3. The Morgan fingerprint density at radius 2 is 1.96 bits per heavy atom. The molecule has 0 saturated carbocycles. The molecule has 0 aliphatic heterocycles. The molecule has 0 fully saturated rings. The Morgan fingerprint density at radius 3 is 2.75 bits per heavy atom. The van der Waals surface area contributed by atoms with Gasteiger partial charge in [0.1, 0.15) is 17.3 Å². The highest BCUT2D eigenvalue weighted by molar-refractivity contribution is 7.08. The van der Waals surface area contributed by atoms with Gasteiger partial charge in [-0.05, 0) is 42.1 Å². The third-order valence-corrected chi connectivity index (χ3v) is 4.13. The molecular weight excluding hydrogens is 320 g/mol. The van der Waals surface area contributed by atoms with E-state index in [1.807, 2.05) is 60.3 Å². The van der Waals surface area contributed by atoms with Crippen LogP contribution in [-0.4, -0.2) is 15.0 Å². The Bertz CT molecular complexity index is 945. The first-order chi connectivity index (χ1) is 11.8. The van der Waals surface area contributed by atoms with Gasteiger partial charge in [-0.1, -0.05) is 12.1 Å². The van der Waals surface area contributed by atoms with Crippen molar-refractivity contribution in [1.29, 1.82) is 0 Å². The predicted octanol–water partition coefficient (Wildman–Crippen LogP) is 4.91. The monoisotopic (exact) mass is 334 g/mol. The fourth-order valence-corrected chi connectivity index (χ4v) is 2.86. The van der Waals surface area contributed by atoms with Crippen molar-refractivity contribution in [2.75, 3.05) is 5.32 Å². The Hall–Kier alpha value is -2.99. The second kappa shape index (κ2) is 6.25. The molecule has 0 radical (unpaired) electrons. The number of rotatable bonds is 4. The quantitative estimate of drug-likeness (QED) is 0.574. The minimum absolute atomic E-state index is 0.603. The molecule has 0 bridgehead atoms. The lowest BCUT2D eigenvalue weighted by Gasteiger charge is -2.05. The van der Waals surface area contributed by atoms with E-state index in [1.54, 1.807) is 17.5 Å². The van der Waals surface area contributed by atoms with Gasteiger partial charge in [-0.15, -0.1) is 0 Å². The van der Waals surface area contributed by atoms with Crippen LogP contribution in [0.4, 0.5) is 11.6 Å². The van der Waals surface area contributed by atoms with Crippen LogP contribution in [0.15, 0.2) is 64.0 Å². The minimum Gasteiger partial charge on any atom is -0.434 e. The van der Waals surface area contributed by atoms with Crippen LogP contribution in [0.1, 0.15) is 5.56 Å². The van der Waals surface area contributed by atoms with Crippen molar-refractivity contribution in [3.05, 3.63) is 65.1 Å². The fourth-order valence-electron chi connectivity index (χ4n) is 2.23. The fraction of sp³-hybridized carbons (Fsp3) is 0.0556. The zero-order valence-electron chi connectivity index (χ0n) is 12.9. The van der Waals surface area contributed by atoms with Crippen LogP contribution in [0.3, 0.4) is 0 Å². The third-order valence-electron chi connectivity index (χ3n) is 3.44. The van der Waals surface area contributed by atoms with Crippen molar-refractivity contribution in [3.8, 4) is 22.9 Å². The first kappa shape index (κ1) is 14.6. The van der Waals surface area contributed by atoms with Crippen LogP contribution in [0.5, 0.6) is 0 Å². The van der Waals surface area contributed by atoms with E-state index >= 15 is 0 Å². The molecule has 0 aliphatic carbocycles. The lowest BCUT2D eigenvalue weighted by atomic mass is 10.3. The van der Waals surface area contributed by atoms with Crippen LogP contribution in [0.25, 0.3) is 22.9 Å². The topological polar surface area (TPSA) is 63.8 Å². The highest BCUT2D eigenvalue weighted by Crippen LogP contribution is 2.27. The average molecular weight is 334 g/mol. The van der Waals surface area contributed by atoms with E-state index in [9.17, 15) is 0 Å². The molecule has 0 aromatic carbocycles. The highest BCUT2D eigenvalue weighted by Gasteiger charge is 2.10. The maximum atomic E-state index is 5.82. The van der Waals surface area contributed by atoms with Crippen molar-refractivity contribution in [2.45, 2.75) is 6.92 Å². The molecule has 24 heavy (non-hydrogen) atoms. The summed E-state index contributed by atoms with van der Waals surface area (Å²) in [6.45, 7) is 2.00. The van der Waals surface area contributed by atoms with Gasteiger partial charge in [0.15, 0.2) is 5.76 Å². The van der Waals surface area contributed by atoms with Gasteiger partial charge in [0, 0.05) is 17.1 Å². The summed E-state index contributed by atoms with van der Waals surface area (Å²) < 4.78 is 5.82. The lowest BCUT2D eigenvalue weighted by molar-refractivity contribution is 0.587. The van der Waals surface area contributed by atoms with Crippen molar-refractivity contribution in [2.24, 2.45) is 0 Å². The van der Waals surface area contributed by atoms with Crippen molar-refractivity contribution < 1.29 is 4.42 Å². The van der Waals surface area contributed by atoms with E-state index < -0.39 is 0 Å². The average Bonchev–Trinajstić information content (AvgIpc) is 3.28. The van der Waals surface area contributed by atoms with Gasteiger partial charge >= 0.3 is 0 Å². The maximum Gasteiger partial charge on any atom is 0.227 e. The van der Waals surface area contributed by atoms with E-state index in [4.69, 9.17) is 4.42 Å². The smallest absolute Gasteiger partial charge is 0.227 e. The molecule has 4 heterocycles. The summed E-state index contributed by atoms with van der Waals surface area (Å²) >= 11 is 1.61. The van der Waals surface area contributed by atoms with Gasteiger partial charge in [0.2, 0.25) is 5.89 Å². The van der Waals surface area contributed by atoms with Crippen molar-refractivity contribution >= 4 is 23.0 Å². The molecule has 0 aliphatic rings. The van der Waals surface area contributed by atoms with E-state index in [0.29, 0.717) is 17.5 Å². The Labute approximate surface area is 143 Å². The second-order valence-electron chi connectivity index (χ2n) is 5.30. The number of hydrogen-bond donors (Lipinski definition) is 1. The molecule has 4 aromatic heterocycles. The van der Waals surface area contributed by atoms with Crippen molar-refractivity contribution in [3.63, 3.8) is 0 Å². The Kier molecular flexibility index (Phi) is 3.80. The maximum absolute atomic E-state index is 5.82. The molecule has 4 aromatic rings. The summed E-state index contributed by atoms with van der Waals surface area (Å²) in [7, 11) is 0. The van der Waals surface area contributed by atoms with Gasteiger partial charge in [0.05, 0.1) is 6.20 Å². The molecule has 0 saturated heterocycles. The number of oxazole rings is 1. The number of thiophene rings is 1. The molecule has 0 spiro atoms. The molecule has 6 heteroatoms. The SMILES string of the molecule is Cc1ccc(Nc2cccc(-c3cnc(-c4ccsc4)o3)n2)nc1. The molecule has 1 N–H and O–H groups in total. The number of aryl methyl sites for hydroxylation is 1. The molecule has 0 unspecified atom stereocenters. The molecule has 5 nitrogen and oxygen atoms in total. The summed E-state index contributed by atoms with van der Waals surface area (Å²) in [6, 6.07) is 11.6. The van der Waals surface area contributed by atoms with Crippen LogP contribution in [-0.2, 0) is 0 Å². The molecule has 0 amide bonds. The van der Waals surface area contributed by atoms with Crippen LogP contribution in [0.2, 0.25) is 0 Å². The largest absolute Gasteiger partial charge is 0.434 e. The van der Waals surface area contributed by atoms with Gasteiger partial charge < -0.3 is 9.73 Å². The zero-order chi connectivity index (χ0) is 16.4. The second-order valence-corrected chi connectivity index (χ2v) is 6.08. The van der Waals surface area contributed by atoms with Gasteiger partial charge in [-0.25, -0.2) is 15.0 Å². The van der Waals surface area contributed by atoms with Crippen LogP contribution >= 0.6 is 11.3 Å². The Balaban J connectivity index is 1.59. The summed E-state index contributed by atoms with van der Waals surface area (Å²) in [4.78, 5) is 13.2. The molecular formula is C18H14N4OS. The number of nitrogens with one attached hydrogen (secondary N) is 1.